The van der Waals surface area contributed by atoms with Gasteiger partial charge in [0.15, 0.2) is 0 Å². The monoisotopic (exact) mass is 413 g/mol. The van der Waals surface area contributed by atoms with Crippen LogP contribution in [0, 0.1) is 46.3 Å². The highest BCUT2D eigenvalue weighted by atomic mass is 16.3. The quantitative estimate of drug-likeness (QED) is 0.556. The van der Waals surface area contributed by atoms with Gasteiger partial charge in [-0.3, -0.25) is 0 Å². The zero-order valence-electron chi connectivity index (χ0n) is 19.5. The smallest absolute Gasteiger partial charge is 0.0583 e. The summed E-state index contributed by atoms with van der Waals surface area (Å²) >= 11 is 0. The first-order valence-corrected chi connectivity index (χ1v) is 12.7. The normalized spacial score (nSPS) is 51.6. The summed E-state index contributed by atoms with van der Waals surface area (Å²) < 4.78 is 0. The maximum Gasteiger partial charge on any atom is 0.0583 e. The topological polar surface area (TPSA) is 52.5 Å². The van der Waals surface area contributed by atoms with Gasteiger partial charge in [-0.05, 0) is 91.8 Å². The molecule has 3 heteroatoms. The van der Waals surface area contributed by atoms with Gasteiger partial charge < -0.3 is 15.5 Å². The highest BCUT2D eigenvalue weighted by Gasteiger charge is 2.61. The van der Waals surface area contributed by atoms with E-state index in [-0.39, 0.29) is 23.0 Å². The van der Waals surface area contributed by atoms with Crippen LogP contribution in [0.4, 0.5) is 0 Å². The second kappa shape index (κ2) is 7.37. The molecule has 0 aromatic carbocycles. The van der Waals surface area contributed by atoms with Gasteiger partial charge in [0.2, 0.25) is 0 Å². The maximum absolute atomic E-state index is 11.4. The Balaban J connectivity index is 1.42. The number of fused-ring (bicyclic) bond motifs is 5. The number of hydrogen-bond acceptors (Lipinski definition) is 3. The minimum Gasteiger partial charge on any atom is -0.393 e. The van der Waals surface area contributed by atoms with Crippen LogP contribution in [0.2, 0.25) is 0 Å². The number of aliphatic hydroxyl groups is 2. The number of aliphatic hydroxyl groups excluding tert-OH is 2. The molecule has 168 valence electrons. The summed E-state index contributed by atoms with van der Waals surface area (Å²) in [6, 6.07) is 0. The summed E-state index contributed by atoms with van der Waals surface area (Å²) in [4.78, 5) is 0. The number of allylic oxidation sites excluding steroid dienone is 3. The fourth-order valence-corrected chi connectivity index (χ4v) is 8.91. The lowest BCUT2D eigenvalue weighted by Crippen LogP contribution is -2.51. The molecular weight excluding hydrogens is 370 g/mol. The fourth-order valence-electron chi connectivity index (χ4n) is 8.91. The molecule has 0 saturated heterocycles. The Hall–Kier alpha value is -0.800. The average molecular weight is 414 g/mol. The van der Waals surface area contributed by atoms with Gasteiger partial charge in [0.1, 0.15) is 0 Å². The van der Waals surface area contributed by atoms with Crippen molar-refractivity contribution >= 4 is 0 Å². The number of hydrogen-bond donors (Lipinski definition) is 3. The lowest BCUT2D eigenvalue weighted by molar-refractivity contribution is -0.0588. The summed E-state index contributed by atoms with van der Waals surface area (Å²) in [6.45, 7) is 10.8. The van der Waals surface area contributed by atoms with Crippen LogP contribution in [-0.4, -0.2) is 29.0 Å². The zero-order chi connectivity index (χ0) is 21.3. The fraction of sp³-hybridized carbons (Fsp3) is 0.852. The summed E-state index contributed by atoms with van der Waals surface area (Å²) in [5.74, 6) is 3.55. The molecule has 30 heavy (non-hydrogen) atoms. The maximum atomic E-state index is 11.4. The third-order valence-electron chi connectivity index (χ3n) is 10.6. The van der Waals surface area contributed by atoms with Crippen molar-refractivity contribution in [2.45, 2.75) is 91.3 Å². The Morgan fingerprint density at radius 1 is 1.07 bits per heavy atom. The molecule has 5 aliphatic rings. The first kappa shape index (κ1) is 21.1. The van der Waals surface area contributed by atoms with E-state index in [0.717, 1.165) is 51.0 Å². The van der Waals surface area contributed by atoms with E-state index in [4.69, 9.17) is 0 Å². The number of nitrogens with one attached hydrogen (secondary N) is 1. The van der Waals surface area contributed by atoms with Gasteiger partial charge in [-0.2, -0.15) is 0 Å². The molecule has 0 bridgehead atoms. The molecule has 0 aromatic heterocycles. The van der Waals surface area contributed by atoms with Crippen molar-refractivity contribution in [3.05, 3.63) is 23.4 Å². The van der Waals surface area contributed by atoms with E-state index in [2.05, 4.69) is 45.2 Å². The summed E-state index contributed by atoms with van der Waals surface area (Å²) in [5, 5.41) is 25.3. The molecule has 4 aliphatic carbocycles. The summed E-state index contributed by atoms with van der Waals surface area (Å²) in [6.07, 6.45) is 13.5. The second-order valence-electron chi connectivity index (χ2n) is 12.2. The minimum absolute atomic E-state index is 0.132. The van der Waals surface area contributed by atoms with Crippen LogP contribution in [0.3, 0.4) is 0 Å². The lowest BCUT2D eigenvalue weighted by atomic mass is 9.47. The van der Waals surface area contributed by atoms with E-state index >= 15 is 0 Å². The van der Waals surface area contributed by atoms with Crippen molar-refractivity contribution in [3.63, 3.8) is 0 Å². The van der Waals surface area contributed by atoms with E-state index in [9.17, 15) is 10.2 Å². The Kier molecular flexibility index (Phi) is 5.18. The van der Waals surface area contributed by atoms with Crippen LogP contribution in [0.5, 0.6) is 0 Å². The predicted octanol–water partition coefficient (Wildman–Crippen LogP) is 5.05. The Morgan fingerprint density at radius 2 is 1.87 bits per heavy atom. The van der Waals surface area contributed by atoms with Gasteiger partial charge in [0, 0.05) is 18.2 Å². The van der Waals surface area contributed by atoms with E-state index in [1.807, 2.05) is 0 Å². The van der Waals surface area contributed by atoms with E-state index in [1.165, 1.54) is 18.5 Å². The molecule has 3 saturated carbocycles. The predicted molar refractivity (Wildman–Crippen MR) is 122 cm³/mol. The third-order valence-corrected chi connectivity index (χ3v) is 10.6. The Labute approximate surface area is 183 Å². The third kappa shape index (κ3) is 3.05. The van der Waals surface area contributed by atoms with Crippen LogP contribution >= 0.6 is 0 Å². The van der Waals surface area contributed by atoms with Crippen LogP contribution in [0.1, 0.15) is 79.1 Å². The lowest BCUT2D eigenvalue weighted by Gasteiger charge is -2.58. The molecule has 0 spiro atoms. The van der Waals surface area contributed by atoms with Crippen LogP contribution in [-0.2, 0) is 0 Å². The standard InChI is InChI=1S/C27H43NO2/c1-16-5-8-23(28-15-16)17(2)25-24(30)14-22-20-7-6-18-13-19(29)9-11-26(18,3)21(20)10-12-27(22,25)4/h6,8,16-17,19-22,24-25,28-30H,5,7,9-15H2,1-4H3/t16-,17+,19-,20+,21-,22-,24+,25-,26-,27-/m0/s1. The highest BCUT2D eigenvalue weighted by molar-refractivity contribution is 5.26. The molecule has 0 unspecified atom stereocenters. The average Bonchev–Trinajstić information content (AvgIpc) is 2.98. The van der Waals surface area contributed by atoms with Gasteiger partial charge >= 0.3 is 0 Å². The molecule has 3 fully saturated rings. The molecule has 1 heterocycles. The van der Waals surface area contributed by atoms with E-state index in [1.54, 1.807) is 5.57 Å². The van der Waals surface area contributed by atoms with Crippen molar-refractivity contribution < 1.29 is 10.2 Å². The largest absolute Gasteiger partial charge is 0.393 e. The number of rotatable bonds is 2. The Bertz CT molecular complexity index is 743. The van der Waals surface area contributed by atoms with Gasteiger partial charge in [-0.25, -0.2) is 0 Å². The van der Waals surface area contributed by atoms with Crippen molar-refractivity contribution in [1.82, 2.24) is 5.32 Å². The molecule has 3 nitrogen and oxygen atoms in total. The first-order chi connectivity index (χ1) is 14.2. The van der Waals surface area contributed by atoms with Gasteiger partial charge in [0.25, 0.3) is 0 Å². The van der Waals surface area contributed by atoms with Crippen LogP contribution in [0.15, 0.2) is 23.4 Å². The van der Waals surface area contributed by atoms with Crippen LogP contribution in [0.25, 0.3) is 0 Å². The van der Waals surface area contributed by atoms with Crippen molar-refractivity contribution in [2.75, 3.05) is 6.54 Å². The van der Waals surface area contributed by atoms with Gasteiger partial charge in [0.05, 0.1) is 12.2 Å². The van der Waals surface area contributed by atoms with Crippen LogP contribution < -0.4 is 5.32 Å². The SMILES string of the molecule is C[C@H]1CC=C([C@@H](C)[C@H]2[C@H](O)C[C@H]3[C@@H]4CC=C5C[C@@H](O)CC[C@]5(C)[C@H]4CC[C@]23C)NC1. The Morgan fingerprint density at radius 3 is 2.60 bits per heavy atom. The van der Waals surface area contributed by atoms with Gasteiger partial charge in [-0.1, -0.05) is 45.4 Å². The van der Waals surface area contributed by atoms with E-state index < -0.39 is 0 Å². The minimum atomic E-state index is -0.179. The molecule has 0 aromatic rings. The molecule has 10 atom stereocenters. The highest BCUT2D eigenvalue weighted by Crippen LogP contribution is 2.67. The molecule has 0 radical (unpaired) electrons. The zero-order valence-corrected chi connectivity index (χ0v) is 19.5. The van der Waals surface area contributed by atoms with Crippen molar-refractivity contribution in [3.8, 4) is 0 Å². The summed E-state index contributed by atoms with van der Waals surface area (Å²) in [7, 11) is 0. The van der Waals surface area contributed by atoms with Crippen molar-refractivity contribution in [1.29, 1.82) is 0 Å². The van der Waals surface area contributed by atoms with Gasteiger partial charge in [-0.15, -0.1) is 0 Å². The van der Waals surface area contributed by atoms with E-state index in [0.29, 0.717) is 29.6 Å². The molecule has 3 N–H and O–H groups in total. The molecular formula is C27H43NO2. The molecule has 1 aliphatic heterocycles. The first-order valence-electron chi connectivity index (χ1n) is 12.7. The van der Waals surface area contributed by atoms with Crippen molar-refractivity contribution in [2.24, 2.45) is 46.3 Å². The molecule has 5 rings (SSSR count). The second-order valence-corrected chi connectivity index (χ2v) is 12.2. The molecule has 0 amide bonds. The summed E-state index contributed by atoms with van der Waals surface area (Å²) in [5.41, 5.74) is 3.45.